The Bertz CT molecular complexity index is 1160. The Morgan fingerprint density at radius 3 is 2.57 bits per heavy atom. The first-order chi connectivity index (χ1) is 16.7. The van der Waals surface area contributed by atoms with Crippen LogP contribution in [0.2, 0.25) is 0 Å². The lowest BCUT2D eigenvalue weighted by molar-refractivity contribution is 0.0165. The molecule has 2 aromatic heterocycles. The van der Waals surface area contributed by atoms with E-state index in [1.165, 1.54) is 11.3 Å². The Kier molecular flexibility index (Phi) is 7.45. The van der Waals surface area contributed by atoms with Gasteiger partial charge in [0.05, 0.1) is 17.2 Å². The van der Waals surface area contributed by atoms with E-state index in [0.717, 1.165) is 29.8 Å². The van der Waals surface area contributed by atoms with Crippen molar-refractivity contribution in [1.29, 1.82) is 0 Å². The number of likely N-dealkylation sites (tertiary alicyclic amines) is 1. The van der Waals surface area contributed by atoms with Crippen molar-refractivity contribution in [1.82, 2.24) is 14.7 Å². The van der Waals surface area contributed by atoms with Gasteiger partial charge in [-0.1, -0.05) is 6.07 Å². The largest absolute Gasteiger partial charge is 0.493 e. The molecular weight excluding hydrogens is 464 g/mol. The monoisotopic (exact) mass is 496 g/mol. The van der Waals surface area contributed by atoms with Crippen LogP contribution in [0, 0.1) is 5.92 Å². The molecule has 0 unspecified atom stereocenters. The van der Waals surface area contributed by atoms with E-state index < -0.39 is 5.60 Å². The van der Waals surface area contributed by atoms with Crippen molar-refractivity contribution < 1.29 is 19.1 Å². The summed E-state index contributed by atoms with van der Waals surface area (Å²) in [5.74, 6) is 0.935. The number of benzene rings is 1. The second kappa shape index (κ2) is 10.5. The summed E-state index contributed by atoms with van der Waals surface area (Å²) in [6.07, 6.45) is 3.20. The maximum atomic E-state index is 12.5. The van der Waals surface area contributed by atoms with Gasteiger partial charge in [0.2, 0.25) is 0 Å². The number of carbonyl (C=O) groups is 2. The molecule has 0 bridgehead atoms. The summed E-state index contributed by atoms with van der Waals surface area (Å²) in [4.78, 5) is 27.3. The van der Waals surface area contributed by atoms with Gasteiger partial charge in [-0.15, -0.1) is 11.3 Å². The molecule has 0 radical (unpaired) electrons. The summed E-state index contributed by atoms with van der Waals surface area (Å²) in [5, 5.41) is 9.14. The normalized spacial score (nSPS) is 14.6. The van der Waals surface area contributed by atoms with Crippen LogP contribution < -0.4 is 10.1 Å². The summed E-state index contributed by atoms with van der Waals surface area (Å²) < 4.78 is 13.6. The molecule has 1 saturated heterocycles. The van der Waals surface area contributed by atoms with Crippen LogP contribution in [0.15, 0.2) is 48.0 Å². The van der Waals surface area contributed by atoms with Crippen LogP contribution >= 0.6 is 11.3 Å². The summed E-state index contributed by atoms with van der Waals surface area (Å²) in [6.45, 7) is 7.50. The first-order valence-corrected chi connectivity index (χ1v) is 12.7. The van der Waals surface area contributed by atoms with Gasteiger partial charge >= 0.3 is 6.09 Å². The number of carbonyl (C=O) groups excluding carboxylic acids is 2. The predicted octanol–water partition coefficient (Wildman–Crippen LogP) is 5.43. The second-order valence-electron chi connectivity index (χ2n) is 9.70. The van der Waals surface area contributed by atoms with Crippen LogP contribution in [0.3, 0.4) is 0 Å². The van der Waals surface area contributed by atoms with E-state index in [2.05, 4.69) is 10.4 Å². The molecule has 1 aliphatic heterocycles. The second-order valence-corrected chi connectivity index (χ2v) is 10.7. The van der Waals surface area contributed by atoms with Crippen LogP contribution in [-0.2, 0) is 11.8 Å². The lowest BCUT2D eigenvalue weighted by Crippen LogP contribution is -2.42. The molecule has 35 heavy (non-hydrogen) atoms. The Hall–Kier alpha value is -3.33. The molecule has 2 amide bonds. The number of nitrogens with one attached hydrogen (secondary N) is 1. The van der Waals surface area contributed by atoms with Gasteiger partial charge in [0, 0.05) is 37.6 Å². The molecule has 3 aromatic rings. The third kappa shape index (κ3) is 6.42. The molecule has 1 aromatic carbocycles. The standard InChI is InChI=1S/C26H32N4O4S/c1-26(2,3)34-25(32)30-13-10-18(11-14-30)17-33-22-8-7-19(28-24(31)23-6-5-15-35-23)16-20(22)21-9-12-27-29(21)4/h5-9,12,15-16,18H,10-11,13-14,17H2,1-4H3,(H,28,31). The summed E-state index contributed by atoms with van der Waals surface area (Å²) in [7, 11) is 1.88. The van der Waals surface area contributed by atoms with Crippen molar-refractivity contribution in [3.8, 4) is 17.0 Å². The number of hydrogen-bond acceptors (Lipinski definition) is 6. The molecular formula is C26H32N4O4S. The summed E-state index contributed by atoms with van der Waals surface area (Å²) in [6, 6.07) is 11.2. The van der Waals surface area contributed by atoms with E-state index in [1.54, 1.807) is 21.8 Å². The number of anilines is 1. The van der Waals surface area contributed by atoms with Crippen LogP contribution in [0.4, 0.5) is 10.5 Å². The number of aromatic nitrogens is 2. The van der Waals surface area contributed by atoms with Crippen molar-refractivity contribution in [2.75, 3.05) is 25.0 Å². The van der Waals surface area contributed by atoms with Gasteiger partial charge in [-0.05, 0) is 75.2 Å². The van der Waals surface area contributed by atoms with Gasteiger partial charge in [0.25, 0.3) is 5.91 Å². The van der Waals surface area contributed by atoms with Gasteiger partial charge in [0.1, 0.15) is 11.4 Å². The Balaban J connectivity index is 1.41. The first kappa shape index (κ1) is 24.8. The zero-order valence-corrected chi connectivity index (χ0v) is 21.4. The molecule has 0 aliphatic carbocycles. The lowest BCUT2D eigenvalue weighted by Gasteiger charge is -2.33. The zero-order chi connectivity index (χ0) is 25.0. The average molecular weight is 497 g/mol. The van der Waals surface area contributed by atoms with E-state index in [-0.39, 0.29) is 12.0 Å². The first-order valence-electron chi connectivity index (χ1n) is 11.8. The van der Waals surface area contributed by atoms with Crippen LogP contribution in [-0.4, -0.2) is 52.0 Å². The smallest absolute Gasteiger partial charge is 0.410 e. The highest BCUT2D eigenvalue weighted by molar-refractivity contribution is 7.12. The Labute approximate surface area is 209 Å². The van der Waals surface area contributed by atoms with E-state index in [0.29, 0.717) is 36.2 Å². The van der Waals surface area contributed by atoms with E-state index >= 15 is 0 Å². The molecule has 0 saturated carbocycles. The lowest BCUT2D eigenvalue weighted by atomic mass is 9.98. The maximum absolute atomic E-state index is 12.5. The summed E-state index contributed by atoms with van der Waals surface area (Å²) >= 11 is 1.40. The number of amides is 2. The van der Waals surface area contributed by atoms with Crippen molar-refractivity contribution in [2.45, 2.75) is 39.2 Å². The van der Waals surface area contributed by atoms with Crippen LogP contribution in [0.25, 0.3) is 11.3 Å². The van der Waals surface area contributed by atoms with Gasteiger partial charge < -0.3 is 19.7 Å². The Morgan fingerprint density at radius 2 is 1.94 bits per heavy atom. The number of hydrogen-bond donors (Lipinski definition) is 1. The van der Waals surface area contributed by atoms with Crippen molar-refractivity contribution in [3.05, 3.63) is 52.9 Å². The average Bonchev–Trinajstić information content (AvgIpc) is 3.49. The third-order valence-electron chi connectivity index (χ3n) is 5.82. The fourth-order valence-corrected chi connectivity index (χ4v) is 4.61. The number of rotatable bonds is 6. The number of nitrogens with zero attached hydrogens (tertiary/aromatic N) is 3. The molecule has 8 nitrogen and oxygen atoms in total. The predicted molar refractivity (Wildman–Crippen MR) is 137 cm³/mol. The highest BCUT2D eigenvalue weighted by Gasteiger charge is 2.27. The molecule has 1 N–H and O–H groups in total. The highest BCUT2D eigenvalue weighted by atomic mass is 32.1. The highest BCUT2D eigenvalue weighted by Crippen LogP contribution is 2.33. The molecule has 1 fully saturated rings. The molecule has 186 valence electrons. The van der Waals surface area contributed by atoms with Gasteiger partial charge in [-0.25, -0.2) is 4.79 Å². The van der Waals surface area contributed by atoms with E-state index in [1.807, 2.05) is 63.5 Å². The number of piperidine rings is 1. The fraction of sp³-hybridized carbons (Fsp3) is 0.423. The topological polar surface area (TPSA) is 85.7 Å². The Morgan fingerprint density at radius 1 is 1.17 bits per heavy atom. The number of ether oxygens (including phenoxy) is 2. The van der Waals surface area contributed by atoms with Crippen LogP contribution in [0.1, 0.15) is 43.3 Å². The quantitative estimate of drug-likeness (QED) is 0.492. The van der Waals surface area contributed by atoms with Crippen LogP contribution in [0.5, 0.6) is 5.75 Å². The van der Waals surface area contributed by atoms with E-state index in [4.69, 9.17) is 9.47 Å². The van der Waals surface area contributed by atoms with Crippen molar-refractivity contribution >= 4 is 29.0 Å². The molecule has 1 aliphatic rings. The van der Waals surface area contributed by atoms with E-state index in [9.17, 15) is 9.59 Å². The molecule has 3 heterocycles. The van der Waals surface area contributed by atoms with Gasteiger partial charge in [-0.3, -0.25) is 9.48 Å². The molecule has 4 rings (SSSR count). The minimum atomic E-state index is -0.491. The number of aryl methyl sites for hydroxylation is 1. The fourth-order valence-electron chi connectivity index (χ4n) is 3.99. The van der Waals surface area contributed by atoms with Crippen molar-refractivity contribution in [3.63, 3.8) is 0 Å². The van der Waals surface area contributed by atoms with Gasteiger partial charge in [0.15, 0.2) is 0 Å². The number of thiophene rings is 1. The molecule has 9 heteroatoms. The molecule has 0 atom stereocenters. The minimum absolute atomic E-state index is 0.138. The third-order valence-corrected chi connectivity index (χ3v) is 6.69. The summed E-state index contributed by atoms with van der Waals surface area (Å²) in [5.41, 5.74) is 1.96. The van der Waals surface area contributed by atoms with Gasteiger partial charge in [-0.2, -0.15) is 5.10 Å². The zero-order valence-electron chi connectivity index (χ0n) is 20.6. The molecule has 0 spiro atoms. The SMILES string of the molecule is Cn1nccc1-c1cc(NC(=O)c2cccs2)ccc1OCC1CCN(C(=O)OC(C)(C)C)CC1. The maximum Gasteiger partial charge on any atom is 0.410 e. The van der Waals surface area contributed by atoms with Crippen molar-refractivity contribution in [2.24, 2.45) is 13.0 Å². The minimum Gasteiger partial charge on any atom is -0.493 e.